The molecule has 34 heavy (non-hydrogen) atoms. The van der Waals surface area contributed by atoms with Crippen molar-refractivity contribution in [1.82, 2.24) is 5.32 Å². The lowest BCUT2D eigenvalue weighted by Gasteiger charge is -2.11. The quantitative estimate of drug-likeness (QED) is 0.290. The van der Waals surface area contributed by atoms with Crippen molar-refractivity contribution in [3.63, 3.8) is 0 Å². The lowest BCUT2D eigenvalue weighted by Crippen LogP contribution is -2.34. The molecule has 1 aliphatic rings. The Labute approximate surface area is 195 Å². The predicted octanol–water partition coefficient (Wildman–Crippen LogP) is 3.08. The zero-order chi connectivity index (χ0) is 23.9. The van der Waals surface area contributed by atoms with Crippen molar-refractivity contribution in [3.8, 4) is 17.2 Å². The summed E-state index contributed by atoms with van der Waals surface area (Å²) < 4.78 is 27.0. The zero-order valence-electron chi connectivity index (χ0n) is 18.7. The van der Waals surface area contributed by atoms with E-state index in [0.29, 0.717) is 36.6 Å². The fourth-order valence-electron chi connectivity index (χ4n) is 3.56. The van der Waals surface area contributed by atoms with Gasteiger partial charge in [0, 0.05) is 24.6 Å². The van der Waals surface area contributed by atoms with Crippen LogP contribution in [-0.2, 0) is 9.53 Å². The average Bonchev–Trinajstić information content (AvgIpc) is 3.35. The standard InChI is InChI=1S/C25H25NO8/c1-2-30-20-7-3-4-8-21(20)32-15-23(27)33-17-10-9-16-12-19(25(29)34-22(16)13-17)24(28)26-14-18-6-5-11-31-18/h3-4,7-10,12-13,18H,2,5-6,11,14-15H2,1H3,(H,26,28). The summed E-state index contributed by atoms with van der Waals surface area (Å²) in [6, 6.07) is 13.0. The third-order valence-electron chi connectivity index (χ3n) is 5.19. The van der Waals surface area contributed by atoms with Crippen LogP contribution in [-0.4, -0.2) is 44.3 Å². The van der Waals surface area contributed by atoms with Crippen LogP contribution in [0.1, 0.15) is 30.1 Å². The number of benzene rings is 2. The second-order valence-corrected chi connectivity index (χ2v) is 7.63. The number of ether oxygens (including phenoxy) is 4. The number of hydrogen-bond donors (Lipinski definition) is 1. The molecular weight excluding hydrogens is 442 g/mol. The molecular formula is C25H25NO8. The maximum Gasteiger partial charge on any atom is 0.349 e. The molecule has 2 heterocycles. The van der Waals surface area contributed by atoms with Gasteiger partial charge in [0.25, 0.3) is 5.91 Å². The van der Waals surface area contributed by atoms with Crippen LogP contribution in [0.25, 0.3) is 11.0 Å². The molecule has 9 heteroatoms. The Morgan fingerprint density at radius 3 is 2.62 bits per heavy atom. The van der Waals surface area contributed by atoms with Crippen LogP contribution in [0.5, 0.6) is 17.2 Å². The van der Waals surface area contributed by atoms with E-state index in [0.717, 1.165) is 12.8 Å². The minimum Gasteiger partial charge on any atom is -0.490 e. The Balaban J connectivity index is 1.39. The number of fused-ring (bicyclic) bond motifs is 1. The van der Waals surface area contributed by atoms with Crippen molar-refractivity contribution in [2.45, 2.75) is 25.9 Å². The van der Waals surface area contributed by atoms with E-state index in [9.17, 15) is 14.4 Å². The summed E-state index contributed by atoms with van der Waals surface area (Å²) in [5, 5.41) is 3.22. The Hall–Kier alpha value is -3.85. The largest absolute Gasteiger partial charge is 0.490 e. The maximum atomic E-state index is 12.4. The van der Waals surface area contributed by atoms with Gasteiger partial charge >= 0.3 is 11.6 Å². The van der Waals surface area contributed by atoms with Gasteiger partial charge in [0.05, 0.1) is 12.7 Å². The Morgan fingerprint density at radius 2 is 1.88 bits per heavy atom. The minimum atomic E-state index is -0.781. The first-order chi connectivity index (χ1) is 16.5. The maximum absolute atomic E-state index is 12.4. The number of para-hydroxylation sites is 2. The molecule has 1 fully saturated rings. The molecule has 4 rings (SSSR count). The van der Waals surface area contributed by atoms with Crippen molar-refractivity contribution < 1.29 is 33.0 Å². The molecule has 2 aromatic carbocycles. The summed E-state index contributed by atoms with van der Waals surface area (Å²) in [5.41, 5.74) is -0.693. The minimum absolute atomic E-state index is 0.0367. The van der Waals surface area contributed by atoms with Crippen molar-refractivity contribution in [2.24, 2.45) is 0 Å². The van der Waals surface area contributed by atoms with Crippen LogP contribution in [0.2, 0.25) is 0 Å². The summed E-state index contributed by atoms with van der Waals surface area (Å²) in [4.78, 5) is 37.0. The highest BCUT2D eigenvalue weighted by atomic mass is 16.6. The number of amides is 1. The van der Waals surface area contributed by atoms with Gasteiger partial charge in [-0.3, -0.25) is 4.79 Å². The summed E-state index contributed by atoms with van der Waals surface area (Å²) in [7, 11) is 0. The molecule has 178 valence electrons. The highest BCUT2D eigenvalue weighted by Gasteiger charge is 2.19. The van der Waals surface area contributed by atoms with E-state index < -0.39 is 17.5 Å². The number of nitrogens with one attached hydrogen (secondary N) is 1. The molecule has 0 spiro atoms. The second-order valence-electron chi connectivity index (χ2n) is 7.63. The lowest BCUT2D eigenvalue weighted by molar-refractivity contribution is -0.136. The number of carbonyl (C=O) groups is 2. The van der Waals surface area contributed by atoms with Crippen molar-refractivity contribution in [2.75, 3.05) is 26.4 Å². The topological polar surface area (TPSA) is 113 Å². The van der Waals surface area contributed by atoms with E-state index in [4.69, 9.17) is 23.4 Å². The molecule has 1 N–H and O–H groups in total. The van der Waals surface area contributed by atoms with Crippen LogP contribution in [0, 0.1) is 0 Å². The molecule has 1 saturated heterocycles. The van der Waals surface area contributed by atoms with E-state index in [1.165, 1.54) is 12.1 Å². The third-order valence-corrected chi connectivity index (χ3v) is 5.19. The third kappa shape index (κ3) is 5.74. The summed E-state index contributed by atoms with van der Waals surface area (Å²) >= 11 is 0. The number of hydrogen-bond acceptors (Lipinski definition) is 8. The van der Waals surface area contributed by atoms with Gasteiger partial charge in [-0.15, -0.1) is 0 Å². The van der Waals surface area contributed by atoms with Gasteiger partial charge in [-0.1, -0.05) is 12.1 Å². The molecule has 1 aliphatic heterocycles. The van der Waals surface area contributed by atoms with E-state index in [1.807, 2.05) is 6.92 Å². The zero-order valence-corrected chi connectivity index (χ0v) is 18.7. The first-order valence-corrected chi connectivity index (χ1v) is 11.1. The molecule has 0 aliphatic carbocycles. The highest BCUT2D eigenvalue weighted by molar-refractivity contribution is 5.96. The van der Waals surface area contributed by atoms with Gasteiger partial charge in [-0.05, 0) is 50.1 Å². The van der Waals surface area contributed by atoms with Gasteiger partial charge in [0.1, 0.15) is 16.9 Å². The summed E-state index contributed by atoms with van der Waals surface area (Å²) in [5.74, 6) is -0.0285. The van der Waals surface area contributed by atoms with Gasteiger partial charge in [-0.25, -0.2) is 9.59 Å². The van der Waals surface area contributed by atoms with Crippen LogP contribution < -0.4 is 25.2 Å². The fraction of sp³-hybridized carbons (Fsp3) is 0.320. The summed E-state index contributed by atoms with van der Waals surface area (Å²) in [6.45, 7) is 2.99. The van der Waals surface area contributed by atoms with Gasteiger partial charge < -0.3 is 28.7 Å². The van der Waals surface area contributed by atoms with Crippen molar-refractivity contribution in [3.05, 3.63) is 64.5 Å². The highest BCUT2D eigenvalue weighted by Crippen LogP contribution is 2.26. The molecule has 0 radical (unpaired) electrons. The SMILES string of the molecule is CCOc1ccccc1OCC(=O)Oc1ccc2cc(C(=O)NCC3CCCO3)c(=O)oc2c1. The summed E-state index contributed by atoms with van der Waals surface area (Å²) in [6.07, 6.45) is 1.79. The molecule has 1 unspecified atom stereocenters. The second kappa shape index (κ2) is 10.8. The molecule has 0 saturated carbocycles. The van der Waals surface area contributed by atoms with E-state index in [-0.39, 0.29) is 29.6 Å². The van der Waals surface area contributed by atoms with Gasteiger partial charge in [-0.2, -0.15) is 0 Å². The molecule has 1 amide bonds. The lowest BCUT2D eigenvalue weighted by atomic mass is 10.1. The Kier molecular flexibility index (Phi) is 7.44. The van der Waals surface area contributed by atoms with Crippen molar-refractivity contribution in [1.29, 1.82) is 0 Å². The van der Waals surface area contributed by atoms with Gasteiger partial charge in [0.2, 0.25) is 0 Å². The van der Waals surface area contributed by atoms with Crippen LogP contribution in [0.4, 0.5) is 0 Å². The van der Waals surface area contributed by atoms with Crippen molar-refractivity contribution >= 4 is 22.8 Å². The first kappa shape index (κ1) is 23.3. The average molecular weight is 467 g/mol. The van der Waals surface area contributed by atoms with E-state index in [2.05, 4.69) is 5.32 Å². The Bertz CT molecular complexity index is 1230. The normalized spacial score (nSPS) is 15.1. The number of esters is 1. The number of rotatable bonds is 9. The van der Waals surface area contributed by atoms with Crippen LogP contribution >= 0.6 is 0 Å². The Morgan fingerprint density at radius 1 is 1.09 bits per heavy atom. The molecule has 0 bridgehead atoms. The molecule has 1 aromatic heterocycles. The van der Waals surface area contributed by atoms with Crippen LogP contribution in [0.3, 0.4) is 0 Å². The molecule has 1 atom stereocenters. The van der Waals surface area contributed by atoms with Gasteiger partial charge in [0.15, 0.2) is 18.1 Å². The number of carbonyl (C=O) groups excluding carboxylic acids is 2. The predicted molar refractivity (Wildman–Crippen MR) is 123 cm³/mol. The monoisotopic (exact) mass is 467 g/mol. The first-order valence-electron chi connectivity index (χ1n) is 11.1. The van der Waals surface area contributed by atoms with E-state index in [1.54, 1.807) is 36.4 Å². The molecule has 3 aromatic rings. The smallest absolute Gasteiger partial charge is 0.349 e. The van der Waals surface area contributed by atoms with E-state index >= 15 is 0 Å². The van der Waals surface area contributed by atoms with Crippen LogP contribution in [0.15, 0.2) is 57.7 Å². The fourth-order valence-corrected chi connectivity index (χ4v) is 3.56. The molecule has 9 nitrogen and oxygen atoms in total.